The molecule has 1 aromatic carbocycles. The van der Waals surface area contributed by atoms with Crippen LogP contribution in [0.4, 0.5) is 14.6 Å². The Morgan fingerprint density at radius 3 is 2.50 bits per heavy atom. The third-order valence-electron chi connectivity index (χ3n) is 4.70. The maximum absolute atomic E-state index is 13.3. The lowest BCUT2D eigenvalue weighted by Crippen LogP contribution is -2.21. The smallest absolute Gasteiger partial charge is 0.280 e. The van der Waals surface area contributed by atoms with Crippen LogP contribution in [0.3, 0.4) is 0 Å². The number of rotatable bonds is 7. The number of hydrogen-bond acceptors (Lipinski definition) is 3. The number of aromatic nitrogens is 4. The van der Waals surface area contributed by atoms with Crippen molar-refractivity contribution in [1.29, 1.82) is 0 Å². The minimum Gasteiger partial charge on any atom is -0.306 e. The quantitative estimate of drug-likeness (QED) is 0.489. The molecule has 0 aliphatic heterocycles. The van der Waals surface area contributed by atoms with Crippen LogP contribution in [0.2, 0.25) is 15.1 Å². The number of amides is 1. The zero-order chi connectivity index (χ0) is 21.4. The Morgan fingerprint density at radius 2 is 1.87 bits per heavy atom. The summed E-state index contributed by atoms with van der Waals surface area (Å²) in [5, 5.41) is 12.1. The van der Waals surface area contributed by atoms with E-state index in [4.69, 9.17) is 34.8 Å². The zero-order valence-electron chi connectivity index (χ0n) is 15.5. The van der Waals surface area contributed by atoms with E-state index in [0.717, 1.165) is 17.5 Å². The highest BCUT2D eigenvalue weighted by molar-refractivity contribution is 6.36. The van der Waals surface area contributed by atoms with E-state index in [2.05, 4.69) is 15.5 Å². The highest BCUT2D eigenvalue weighted by Crippen LogP contribution is 2.40. The molecule has 1 aliphatic rings. The van der Waals surface area contributed by atoms with Gasteiger partial charge in [-0.05, 0) is 31.0 Å². The summed E-state index contributed by atoms with van der Waals surface area (Å²) in [6.45, 7) is -0.126. The summed E-state index contributed by atoms with van der Waals surface area (Å²) in [7, 11) is 0. The number of nitrogens with one attached hydrogen (secondary N) is 1. The van der Waals surface area contributed by atoms with Crippen molar-refractivity contribution < 1.29 is 13.6 Å². The van der Waals surface area contributed by atoms with Gasteiger partial charge in [-0.1, -0.05) is 40.9 Å². The molecule has 4 rings (SSSR count). The minimum absolute atomic E-state index is 0.109. The Labute approximate surface area is 185 Å². The van der Waals surface area contributed by atoms with Crippen LogP contribution in [-0.2, 0) is 17.9 Å². The summed E-state index contributed by atoms with van der Waals surface area (Å²) in [4.78, 5) is 12.4. The van der Waals surface area contributed by atoms with E-state index in [9.17, 15) is 13.6 Å². The highest BCUT2D eigenvalue weighted by Gasteiger charge is 2.29. The fourth-order valence-electron chi connectivity index (χ4n) is 3.05. The van der Waals surface area contributed by atoms with Crippen molar-refractivity contribution in [2.75, 3.05) is 5.32 Å². The first kappa shape index (κ1) is 21.1. The van der Waals surface area contributed by atoms with Gasteiger partial charge in [-0.15, -0.1) is 0 Å². The summed E-state index contributed by atoms with van der Waals surface area (Å²) in [6.07, 6.45) is 0.643. The van der Waals surface area contributed by atoms with Crippen LogP contribution in [0.15, 0.2) is 30.5 Å². The predicted molar refractivity (Wildman–Crippen MR) is 111 cm³/mol. The summed E-state index contributed by atoms with van der Waals surface area (Å²) >= 11 is 18.5. The van der Waals surface area contributed by atoms with E-state index >= 15 is 0 Å². The molecule has 30 heavy (non-hydrogen) atoms. The molecular weight excluding hydrogens is 459 g/mol. The first-order valence-electron chi connectivity index (χ1n) is 9.13. The molecule has 0 bridgehead atoms. The van der Waals surface area contributed by atoms with Crippen LogP contribution in [-0.4, -0.2) is 25.5 Å². The summed E-state index contributed by atoms with van der Waals surface area (Å²) in [5.74, 6) is -0.253. The molecule has 1 amide bonds. The molecule has 6 nitrogen and oxygen atoms in total. The molecule has 0 unspecified atom stereocenters. The minimum atomic E-state index is -2.72. The summed E-state index contributed by atoms with van der Waals surface area (Å²) in [5.41, 5.74) is 0.970. The average Bonchev–Trinajstić information content (AvgIpc) is 3.35. The SMILES string of the molecule is O=C(Cn1nc(C2CC2)cc1C(F)F)Nc1nn(Cc2c(Cl)cccc2Cl)cc1Cl. The van der Waals surface area contributed by atoms with Gasteiger partial charge in [0.15, 0.2) is 5.82 Å². The summed E-state index contributed by atoms with van der Waals surface area (Å²) < 4.78 is 29.1. The Bertz CT molecular complexity index is 1070. The largest absolute Gasteiger partial charge is 0.306 e. The van der Waals surface area contributed by atoms with Gasteiger partial charge in [0.05, 0.1) is 12.2 Å². The third kappa shape index (κ3) is 4.61. The maximum atomic E-state index is 13.3. The topological polar surface area (TPSA) is 64.7 Å². The second-order valence-corrected chi connectivity index (χ2v) is 8.22. The number of alkyl halides is 2. The van der Waals surface area contributed by atoms with Crippen molar-refractivity contribution in [1.82, 2.24) is 19.6 Å². The van der Waals surface area contributed by atoms with Crippen molar-refractivity contribution in [2.45, 2.75) is 38.3 Å². The van der Waals surface area contributed by atoms with Gasteiger partial charge >= 0.3 is 0 Å². The molecule has 0 spiro atoms. The Hall–Kier alpha value is -2.16. The monoisotopic (exact) mass is 473 g/mol. The Balaban J connectivity index is 1.47. The van der Waals surface area contributed by atoms with Crippen LogP contribution in [0.1, 0.15) is 42.1 Å². The standard InChI is InChI=1S/C19H16Cl3F2N5O/c20-12-2-1-3-13(21)11(12)7-28-8-14(22)19(27-28)25-17(30)9-29-16(18(23)24)6-15(26-29)10-4-5-10/h1-3,6,8,10,18H,4-5,7,9H2,(H,25,27,30). The molecule has 0 saturated heterocycles. The fraction of sp³-hybridized carbons (Fsp3) is 0.316. The lowest BCUT2D eigenvalue weighted by Gasteiger charge is -2.08. The van der Waals surface area contributed by atoms with Crippen molar-refractivity contribution in [3.63, 3.8) is 0 Å². The van der Waals surface area contributed by atoms with E-state index in [0.29, 0.717) is 21.3 Å². The molecule has 3 aromatic rings. The summed E-state index contributed by atoms with van der Waals surface area (Å²) in [6, 6.07) is 6.51. The fourth-order valence-corrected chi connectivity index (χ4v) is 3.76. The normalized spacial score (nSPS) is 13.8. The Kier molecular flexibility index (Phi) is 5.99. The zero-order valence-corrected chi connectivity index (χ0v) is 17.7. The van der Waals surface area contributed by atoms with E-state index in [1.165, 1.54) is 16.9 Å². The van der Waals surface area contributed by atoms with Crippen LogP contribution < -0.4 is 5.32 Å². The second-order valence-electron chi connectivity index (χ2n) is 7.00. The van der Waals surface area contributed by atoms with Gasteiger partial charge < -0.3 is 5.32 Å². The second kappa shape index (κ2) is 8.53. The number of carbonyl (C=O) groups is 1. The molecule has 1 aliphatic carbocycles. The van der Waals surface area contributed by atoms with Gasteiger partial charge in [0, 0.05) is 27.7 Å². The molecule has 1 N–H and O–H groups in total. The van der Waals surface area contributed by atoms with E-state index in [1.807, 2.05) is 0 Å². The molecule has 2 heterocycles. The molecule has 158 valence electrons. The van der Waals surface area contributed by atoms with Crippen molar-refractivity contribution in [3.05, 3.63) is 62.5 Å². The molecule has 2 aromatic heterocycles. The lowest BCUT2D eigenvalue weighted by atomic mass is 10.2. The molecule has 1 saturated carbocycles. The van der Waals surface area contributed by atoms with Crippen LogP contribution in [0, 0.1) is 0 Å². The van der Waals surface area contributed by atoms with E-state index in [-0.39, 0.29) is 35.5 Å². The molecule has 0 radical (unpaired) electrons. The van der Waals surface area contributed by atoms with Crippen molar-refractivity contribution in [2.24, 2.45) is 0 Å². The molecule has 11 heteroatoms. The number of benzene rings is 1. The average molecular weight is 475 g/mol. The number of nitrogens with zero attached hydrogens (tertiary/aromatic N) is 4. The lowest BCUT2D eigenvalue weighted by molar-refractivity contribution is -0.117. The number of carbonyl (C=O) groups excluding carboxylic acids is 1. The first-order chi connectivity index (χ1) is 14.3. The highest BCUT2D eigenvalue weighted by atomic mass is 35.5. The number of hydrogen-bond donors (Lipinski definition) is 1. The van der Waals surface area contributed by atoms with Gasteiger partial charge in [0.1, 0.15) is 17.3 Å². The molecular formula is C19H16Cl3F2N5O. The third-order valence-corrected chi connectivity index (χ3v) is 5.68. The number of anilines is 1. The van der Waals surface area contributed by atoms with E-state index in [1.54, 1.807) is 18.2 Å². The van der Waals surface area contributed by atoms with E-state index < -0.39 is 12.3 Å². The van der Waals surface area contributed by atoms with Crippen molar-refractivity contribution >= 4 is 46.5 Å². The Morgan fingerprint density at radius 1 is 1.17 bits per heavy atom. The van der Waals surface area contributed by atoms with Gasteiger partial charge in [-0.2, -0.15) is 10.2 Å². The van der Waals surface area contributed by atoms with Gasteiger partial charge in [-0.25, -0.2) is 8.78 Å². The first-order valence-corrected chi connectivity index (χ1v) is 10.3. The molecule has 1 fully saturated rings. The maximum Gasteiger partial charge on any atom is 0.280 e. The van der Waals surface area contributed by atoms with Gasteiger partial charge in [0.25, 0.3) is 6.43 Å². The molecule has 0 atom stereocenters. The van der Waals surface area contributed by atoms with Gasteiger partial charge in [0.2, 0.25) is 5.91 Å². The number of halogens is 5. The van der Waals surface area contributed by atoms with Crippen LogP contribution in [0.25, 0.3) is 0 Å². The van der Waals surface area contributed by atoms with Crippen LogP contribution in [0.5, 0.6) is 0 Å². The van der Waals surface area contributed by atoms with Gasteiger partial charge in [-0.3, -0.25) is 14.2 Å². The van der Waals surface area contributed by atoms with Crippen LogP contribution >= 0.6 is 34.8 Å². The predicted octanol–water partition coefficient (Wildman–Crippen LogP) is 5.54. The van der Waals surface area contributed by atoms with Crippen molar-refractivity contribution in [3.8, 4) is 0 Å².